The lowest BCUT2D eigenvalue weighted by atomic mass is 10.9. The van der Waals surface area contributed by atoms with Gasteiger partial charge in [0, 0.05) is 18.6 Å². The first-order valence-electron chi connectivity index (χ1n) is 3.06. The molecule has 1 nitrogen and oxygen atoms in total. The van der Waals surface area contributed by atoms with Crippen LogP contribution in [0.4, 0.5) is 0 Å². The van der Waals surface area contributed by atoms with E-state index in [0.29, 0.717) is 0 Å². The zero-order valence-electron chi connectivity index (χ0n) is 6.05. The van der Waals surface area contributed by atoms with Gasteiger partial charge in [0.1, 0.15) is 0 Å². The van der Waals surface area contributed by atoms with Gasteiger partial charge in [0.05, 0.1) is 5.94 Å². The molecule has 0 aromatic heterocycles. The van der Waals surface area contributed by atoms with E-state index in [4.69, 9.17) is 4.74 Å². The lowest BCUT2D eigenvalue weighted by Gasteiger charge is -1.97. The molecule has 56 valence electrons. The summed E-state index contributed by atoms with van der Waals surface area (Å²) in [6.07, 6.45) is 0. The fourth-order valence-electron chi connectivity index (χ4n) is 0.404. The molecule has 0 atom stereocenters. The molecule has 0 bridgehead atoms. The summed E-state index contributed by atoms with van der Waals surface area (Å²) in [6, 6.07) is 0. The van der Waals surface area contributed by atoms with Gasteiger partial charge in [-0.25, -0.2) is 0 Å². The standard InChI is InChI=1S/C6H14OS2/c1-3-8-4-5-9-6-7-2/h3-6H2,1-2H3. The third-order valence-electron chi connectivity index (χ3n) is 0.777. The first-order chi connectivity index (χ1) is 4.41. The molecule has 0 heterocycles. The summed E-state index contributed by atoms with van der Waals surface area (Å²) in [5, 5.41) is 0. The van der Waals surface area contributed by atoms with Crippen molar-refractivity contribution in [2.45, 2.75) is 6.92 Å². The first kappa shape index (κ1) is 9.66. The van der Waals surface area contributed by atoms with Crippen LogP contribution in [-0.4, -0.2) is 30.3 Å². The minimum absolute atomic E-state index is 0.838. The van der Waals surface area contributed by atoms with Crippen molar-refractivity contribution in [3.05, 3.63) is 0 Å². The van der Waals surface area contributed by atoms with E-state index in [9.17, 15) is 0 Å². The van der Waals surface area contributed by atoms with Crippen LogP contribution >= 0.6 is 23.5 Å². The fraction of sp³-hybridized carbons (Fsp3) is 1.00. The van der Waals surface area contributed by atoms with Crippen LogP contribution < -0.4 is 0 Å². The van der Waals surface area contributed by atoms with E-state index < -0.39 is 0 Å². The number of thioether (sulfide) groups is 2. The van der Waals surface area contributed by atoms with E-state index in [1.807, 2.05) is 23.5 Å². The lowest BCUT2D eigenvalue weighted by molar-refractivity contribution is 0.259. The zero-order chi connectivity index (χ0) is 6.95. The highest BCUT2D eigenvalue weighted by Gasteiger charge is 1.85. The molecule has 0 aromatic carbocycles. The highest BCUT2D eigenvalue weighted by atomic mass is 32.2. The lowest BCUT2D eigenvalue weighted by Crippen LogP contribution is -1.88. The highest BCUT2D eigenvalue weighted by molar-refractivity contribution is 8.02. The summed E-state index contributed by atoms with van der Waals surface area (Å²) in [6.45, 7) is 2.19. The number of hydrogen-bond donors (Lipinski definition) is 0. The Balaban J connectivity index is 2.60. The zero-order valence-corrected chi connectivity index (χ0v) is 7.69. The van der Waals surface area contributed by atoms with Crippen molar-refractivity contribution in [3.8, 4) is 0 Å². The Labute approximate surface area is 65.9 Å². The molecule has 0 fully saturated rings. The number of rotatable bonds is 6. The van der Waals surface area contributed by atoms with Gasteiger partial charge in [-0.05, 0) is 5.75 Å². The predicted octanol–water partition coefficient (Wildman–Crippen LogP) is 2.08. The third kappa shape index (κ3) is 8.66. The molecule has 0 saturated carbocycles. The van der Waals surface area contributed by atoms with E-state index in [0.717, 1.165) is 5.94 Å². The minimum atomic E-state index is 0.838. The SMILES string of the molecule is CCSCCSCOC. The van der Waals surface area contributed by atoms with Crippen molar-refractivity contribution in [1.29, 1.82) is 0 Å². The van der Waals surface area contributed by atoms with Gasteiger partial charge < -0.3 is 4.74 Å². The van der Waals surface area contributed by atoms with E-state index in [2.05, 4.69) is 6.92 Å². The van der Waals surface area contributed by atoms with Crippen LogP contribution in [0.25, 0.3) is 0 Å². The Kier molecular flexibility index (Phi) is 9.30. The van der Waals surface area contributed by atoms with Crippen LogP contribution in [0.1, 0.15) is 6.92 Å². The molecular formula is C6H14OS2. The minimum Gasteiger partial charge on any atom is -0.374 e. The molecule has 0 rings (SSSR count). The smallest absolute Gasteiger partial charge is 0.0917 e. The highest BCUT2D eigenvalue weighted by Crippen LogP contribution is 2.05. The van der Waals surface area contributed by atoms with Gasteiger partial charge in [-0.1, -0.05) is 6.92 Å². The largest absolute Gasteiger partial charge is 0.374 e. The molecule has 3 heteroatoms. The normalized spacial score (nSPS) is 10.0. The average molecular weight is 166 g/mol. The summed E-state index contributed by atoms with van der Waals surface area (Å²) in [7, 11) is 1.74. The summed E-state index contributed by atoms with van der Waals surface area (Å²) in [5.41, 5.74) is 0. The van der Waals surface area contributed by atoms with E-state index in [1.54, 1.807) is 7.11 Å². The Hall–Kier alpha value is 0.660. The summed E-state index contributed by atoms with van der Waals surface area (Å²) in [5.74, 6) is 4.54. The monoisotopic (exact) mass is 166 g/mol. The van der Waals surface area contributed by atoms with Gasteiger partial charge in [-0.2, -0.15) is 11.8 Å². The molecule has 9 heavy (non-hydrogen) atoms. The van der Waals surface area contributed by atoms with Crippen LogP contribution in [0.15, 0.2) is 0 Å². The van der Waals surface area contributed by atoms with Crippen LogP contribution in [-0.2, 0) is 4.74 Å². The summed E-state index contributed by atoms with van der Waals surface area (Å²) < 4.78 is 4.88. The Bertz CT molecular complexity index is 44.3. The van der Waals surface area contributed by atoms with E-state index >= 15 is 0 Å². The Morgan fingerprint density at radius 2 is 1.89 bits per heavy atom. The molecule has 0 radical (unpaired) electrons. The van der Waals surface area contributed by atoms with E-state index in [-0.39, 0.29) is 0 Å². The van der Waals surface area contributed by atoms with Crippen molar-refractivity contribution < 1.29 is 4.74 Å². The van der Waals surface area contributed by atoms with Crippen LogP contribution in [0.3, 0.4) is 0 Å². The predicted molar refractivity (Wildman–Crippen MR) is 47.3 cm³/mol. The first-order valence-corrected chi connectivity index (χ1v) is 5.37. The van der Waals surface area contributed by atoms with Crippen molar-refractivity contribution >= 4 is 23.5 Å². The van der Waals surface area contributed by atoms with Gasteiger partial charge in [0.25, 0.3) is 0 Å². The Morgan fingerprint density at radius 1 is 1.22 bits per heavy atom. The quantitative estimate of drug-likeness (QED) is 0.441. The topological polar surface area (TPSA) is 9.23 Å². The van der Waals surface area contributed by atoms with Gasteiger partial charge in [-0.15, -0.1) is 11.8 Å². The third-order valence-corrected chi connectivity index (χ3v) is 2.83. The van der Waals surface area contributed by atoms with Crippen molar-refractivity contribution in [2.75, 3.05) is 30.3 Å². The van der Waals surface area contributed by atoms with Gasteiger partial charge in [0.2, 0.25) is 0 Å². The summed E-state index contributed by atoms with van der Waals surface area (Å²) in [4.78, 5) is 0. The van der Waals surface area contributed by atoms with Crippen molar-refractivity contribution in [1.82, 2.24) is 0 Å². The van der Waals surface area contributed by atoms with Crippen molar-refractivity contribution in [3.63, 3.8) is 0 Å². The van der Waals surface area contributed by atoms with Gasteiger partial charge in [-0.3, -0.25) is 0 Å². The number of methoxy groups -OCH3 is 1. The molecule has 0 aliphatic heterocycles. The molecule has 0 aliphatic rings. The molecule has 0 aliphatic carbocycles. The molecule has 0 amide bonds. The maximum Gasteiger partial charge on any atom is 0.0917 e. The molecule has 0 unspecified atom stereocenters. The molecule has 0 aromatic rings. The molecule has 0 saturated heterocycles. The van der Waals surface area contributed by atoms with Gasteiger partial charge in [0.15, 0.2) is 0 Å². The van der Waals surface area contributed by atoms with E-state index in [1.165, 1.54) is 17.3 Å². The molecule has 0 spiro atoms. The fourth-order valence-corrected chi connectivity index (χ4v) is 1.92. The van der Waals surface area contributed by atoms with Crippen LogP contribution in [0, 0.1) is 0 Å². The number of ether oxygens (including phenoxy) is 1. The van der Waals surface area contributed by atoms with Gasteiger partial charge >= 0.3 is 0 Å². The van der Waals surface area contributed by atoms with Crippen LogP contribution in [0.2, 0.25) is 0 Å². The van der Waals surface area contributed by atoms with Crippen LogP contribution in [0.5, 0.6) is 0 Å². The Morgan fingerprint density at radius 3 is 2.44 bits per heavy atom. The maximum absolute atomic E-state index is 4.88. The molecule has 0 N–H and O–H groups in total. The average Bonchev–Trinajstić information content (AvgIpc) is 1.89. The maximum atomic E-state index is 4.88. The summed E-state index contributed by atoms with van der Waals surface area (Å²) >= 11 is 3.83. The second kappa shape index (κ2) is 8.66. The van der Waals surface area contributed by atoms with Crippen molar-refractivity contribution in [2.24, 2.45) is 0 Å². The molecular weight excluding hydrogens is 152 g/mol. The second-order valence-corrected chi connectivity index (χ2v) is 3.96. The second-order valence-electron chi connectivity index (χ2n) is 1.51. The number of hydrogen-bond acceptors (Lipinski definition) is 3.